The van der Waals surface area contributed by atoms with E-state index >= 15 is 0 Å². The van der Waals surface area contributed by atoms with Crippen molar-refractivity contribution in [1.82, 2.24) is 4.98 Å². The quantitative estimate of drug-likeness (QED) is 0.789. The van der Waals surface area contributed by atoms with E-state index in [2.05, 4.69) is 17.2 Å². The topological polar surface area (TPSA) is 50.9 Å². The number of nitrogens with two attached hydrogens (primary N) is 1. The van der Waals surface area contributed by atoms with Crippen LogP contribution < -0.4 is 11.1 Å². The second kappa shape index (κ2) is 5.83. The maximum atomic E-state index is 5.73. The molecule has 78 valence electrons. The number of pyridine rings is 1. The van der Waals surface area contributed by atoms with Gasteiger partial charge in [-0.1, -0.05) is 11.6 Å². The molecule has 1 unspecified atom stereocenters. The molecule has 4 heteroatoms. The van der Waals surface area contributed by atoms with Gasteiger partial charge in [-0.25, -0.2) is 4.98 Å². The van der Waals surface area contributed by atoms with Crippen molar-refractivity contribution in [3.05, 3.63) is 23.4 Å². The van der Waals surface area contributed by atoms with Gasteiger partial charge in [-0.15, -0.1) is 0 Å². The Kier molecular flexibility index (Phi) is 4.70. The Morgan fingerprint density at radius 1 is 1.57 bits per heavy atom. The van der Waals surface area contributed by atoms with Gasteiger partial charge in [0.1, 0.15) is 5.82 Å². The molecule has 0 saturated carbocycles. The fourth-order valence-electron chi connectivity index (χ4n) is 1.21. The summed E-state index contributed by atoms with van der Waals surface area (Å²) in [5.74, 6) is 0.860. The number of nitrogens with zero attached hydrogens (tertiary/aromatic N) is 1. The normalized spacial score (nSPS) is 12.5. The minimum atomic E-state index is 0.396. The Hall–Kier alpha value is -0.800. The molecule has 14 heavy (non-hydrogen) atoms. The van der Waals surface area contributed by atoms with Crippen molar-refractivity contribution in [2.45, 2.75) is 25.8 Å². The monoisotopic (exact) mass is 213 g/mol. The number of anilines is 1. The van der Waals surface area contributed by atoms with Gasteiger partial charge in [0.05, 0.1) is 5.02 Å². The van der Waals surface area contributed by atoms with Gasteiger partial charge in [-0.2, -0.15) is 0 Å². The zero-order valence-corrected chi connectivity index (χ0v) is 9.09. The lowest BCUT2D eigenvalue weighted by Gasteiger charge is -2.13. The van der Waals surface area contributed by atoms with Crippen LogP contribution in [0, 0.1) is 0 Å². The smallest absolute Gasteiger partial charge is 0.126 e. The van der Waals surface area contributed by atoms with E-state index in [1.807, 2.05) is 12.1 Å². The first kappa shape index (κ1) is 11.3. The molecular formula is C10H16ClN3. The number of nitrogens with one attached hydrogen (secondary N) is 1. The van der Waals surface area contributed by atoms with Crippen LogP contribution in [0.25, 0.3) is 0 Å². The molecule has 0 aliphatic heterocycles. The van der Waals surface area contributed by atoms with Gasteiger partial charge in [0.2, 0.25) is 0 Å². The molecule has 0 amide bonds. The third-order valence-electron chi connectivity index (χ3n) is 1.96. The molecule has 1 aromatic heterocycles. The van der Waals surface area contributed by atoms with Crippen molar-refractivity contribution < 1.29 is 0 Å². The Labute approximate surface area is 89.7 Å². The summed E-state index contributed by atoms with van der Waals surface area (Å²) < 4.78 is 0. The summed E-state index contributed by atoms with van der Waals surface area (Å²) in [5, 5.41) is 3.94. The van der Waals surface area contributed by atoms with Crippen LogP contribution in [0.1, 0.15) is 19.8 Å². The van der Waals surface area contributed by atoms with Gasteiger partial charge in [0.15, 0.2) is 0 Å². The molecule has 1 rings (SSSR count). The molecule has 0 aromatic carbocycles. The highest BCUT2D eigenvalue weighted by Gasteiger charge is 2.01. The van der Waals surface area contributed by atoms with Crippen molar-refractivity contribution in [2.75, 3.05) is 11.9 Å². The highest BCUT2D eigenvalue weighted by atomic mass is 35.5. The number of hydrogen-bond acceptors (Lipinski definition) is 3. The van der Waals surface area contributed by atoms with Gasteiger partial charge >= 0.3 is 0 Å². The Balaban J connectivity index is 2.39. The second-order valence-electron chi connectivity index (χ2n) is 3.34. The first-order valence-electron chi connectivity index (χ1n) is 4.80. The molecule has 0 fully saturated rings. The molecule has 1 atom stereocenters. The lowest BCUT2D eigenvalue weighted by molar-refractivity contribution is 0.661. The van der Waals surface area contributed by atoms with Crippen LogP contribution >= 0.6 is 11.6 Å². The van der Waals surface area contributed by atoms with Crippen molar-refractivity contribution in [2.24, 2.45) is 5.73 Å². The van der Waals surface area contributed by atoms with Crippen molar-refractivity contribution in [1.29, 1.82) is 0 Å². The van der Waals surface area contributed by atoms with Crippen LogP contribution in [-0.2, 0) is 0 Å². The Morgan fingerprint density at radius 3 is 2.93 bits per heavy atom. The zero-order valence-electron chi connectivity index (χ0n) is 8.33. The van der Waals surface area contributed by atoms with Crippen LogP contribution in [-0.4, -0.2) is 17.6 Å². The third kappa shape index (κ3) is 3.94. The summed E-state index contributed by atoms with van der Waals surface area (Å²) in [6.45, 7) is 2.85. The van der Waals surface area contributed by atoms with Crippen LogP contribution in [0.15, 0.2) is 18.3 Å². The number of halogens is 1. The van der Waals surface area contributed by atoms with E-state index < -0.39 is 0 Å². The van der Waals surface area contributed by atoms with E-state index in [4.69, 9.17) is 17.3 Å². The molecule has 0 bridgehead atoms. The summed E-state index contributed by atoms with van der Waals surface area (Å²) in [6, 6.07) is 4.10. The van der Waals surface area contributed by atoms with Crippen molar-refractivity contribution in [3.8, 4) is 0 Å². The van der Waals surface area contributed by atoms with E-state index in [1.165, 1.54) is 0 Å². The van der Waals surface area contributed by atoms with Crippen molar-refractivity contribution in [3.63, 3.8) is 0 Å². The Bertz CT molecular complexity index is 261. The van der Waals surface area contributed by atoms with Gasteiger partial charge < -0.3 is 11.1 Å². The highest BCUT2D eigenvalue weighted by molar-refractivity contribution is 6.30. The molecule has 0 aliphatic carbocycles. The van der Waals surface area contributed by atoms with E-state index in [9.17, 15) is 0 Å². The summed E-state index contributed by atoms with van der Waals surface area (Å²) >= 11 is 5.73. The van der Waals surface area contributed by atoms with E-state index in [-0.39, 0.29) is 0 Å². The summed E-state index contributed by atoms with van der Waals surface area (Å²) in [6.07, 6.45) is 3.72. The standard InChI is InChI=1S/C10H16ClN3/c1-8(3-2-6-12)14-10-5-4-9(11)7-13-10/h4-5,7-8H,2-3,6,12H2,1H3,(H,13,14). The van der Waals surface area contributed by atoms with Crippen molar-refractivity contribution >= 4 is 17.4 Å². The average Bonchev–Trinajstić information content (AvgIpc) is 2.18. The number of hydrogen-bond donors (Lipinski definition) is 2. The first-order chi connectivity index (χ1) is 6.72. The summed E-state index contributed by atoms with van der Waals surface area (Å²) in [7, 11) is 0. The lowest BCUT2D eigenvalue weighted by atomic mass is 10.2. The van der Waals surface area contributed by atoms with Crippen LogP contribution in [0.5, 0.6) is 0 Å². The number of aromatic nitrogens is 1. The van der Waals surface area contributed by atoms with Crippen LogP contribution in [0.3, 0.4) is 0 Å². The molecule has 0 spiro atoms. The fraction of sp³-hybridized carbons (Fsp3) is 0.500. The molecule has 0 saturated heterocycles. The van der Waals surface area contributed by atoms with E-state index in [0.717, 1.165) is 25.2 Å². The summed E-state index contributed by atoms with van der Waals surface area (Å²) in [5.41, 5.74) is 5.43. The van der Waals surface area contributed by atoms with Gasteiger partial charge in [0, 0.05) is 12.2 Å². The summed E-state index contributed by atoms with van der Waals surface area (Å²) in [4.78, 5) is 4.15. The maximum absolute atomic E-state index is 5.73. The second-order valence-corrected chi connectivity index (χ2v) is 3.77. The zero-order chi connectivity index (χ0) is 10.4. The SMILES string of the molecule is CC(CCCN)Nc1ccc(Cl)cn1. The first-order valence-corrected chi connectivity index (χ1v) is 5.18. The largest absolute Gasteiger partial charge is 0.368 e. The van der Waals surface area contributed by atoms with Crippen LogP contribution in [0.2, 0.25) is 5.02 Å². The molecule has 1 heterocycles. The van der Waals surface area contributed by atoms with Gasteiger partial charge in [0.25, 0.3) is 0 Å². The predicted molar refractivity (Wildman–Crippen MR) is 60.6 cm³/mol. The maximum Gasteiger partial charge on any atom is 0.126 e. The Morgan fingerprint density at radius 2 is 2.36 bits per heavy atom. The molecule has 1 aromatic rings. The fourth-order valence-corrected chi connectivity index (χ4v) is 1.32. The third-order valence-corrected chi connectivity index (χ3v) is 2.19. The minimum absolute atomic E-state index is 0.396. The number of rotatable bonds is 5. The highest BCUT2D eigenvalue weighted by Crippen LogP contribution is 2.11. The minimum Gasteiger partial charge on any atom is -0.368 e. The molecule has 3 nitrogen and oxygen atoms in total. The van der Waals surface area contributed by atoms with Crippen LogP contribution in [0.4, 0.5) is 5.82 Å². The molecular weight excluding hydrogens is 198 g/mol. The molecule has 0 radical (unpaired) electrons. The van der Waals surface area contributed by atoms with E-state index in [0.29, 0.717) is 11.1 Å². The lowest BCUT2D eigenvalue weighted by Crippen LogP contribution is -2.17. The van der Waals surface area contributed by atoms with E-state index in [1.54, 1.807) is 6.20 Å². The van der Waals surface area contributed by atoms with Gasteiger partial charge in [-0.05, 0) is 38.4 Å². The predicted octanol–water partition coefficient (Wildman–Crippen LogP) is 2.27. The molecule has 3 N–H and O–H groups in total. The molecule has 0 aliphatic rings. The average molecular weight is 214 g/mol. The van der Waals surface area contributed by atoms with Gasteiger partial charge in [-0.3, -0.25) is 0 Å².